The van der Waals surface area contributed by atoms with Crippen molar-refractivity contribution in [1.29, 1.82) is 0 Å². The summed E-state index contributed by atoms with van der Waals surface area (Å²) in [5, 5.41) is 5.09. The molecule has 2 rings (SSSR count). The van der Waals surface area contributed by atoms with Crippen molar-refractivity contribution in [2.24, 2.45) is 5.73 Å². The summed E-state index contributed by atoms with van der Waals surface area (Å²) >= 11 is 0. The maximum atomic E-state index is 13.1. The van der Waals surface area contributed by atoms with Crippen LogP contribution in [0.25, 0.3) is 0 Å². The third-order valence-corrected chi connectivity index (χ3v) is 5.58. The molecule has 4 amide bonds. The lowest BCUT2D eigenvalue weighted by atomic mass is 10.0. The molecule has 4 N–H and O–H groups in total. The van der Waals surface area contributed by atoms with E-state index in [4.69, 9.17) is 5.73 Å². The van der Waals surface area contributed by atoms with Crippen molar-refractivity contribution >= 4 is 23.6 Å². The monoisotopic (exact) mass is 431 g/mol. The molecule has 0 radical (unpaired) electrons. The van der Waals surface area contributed by atoms with E-state index in [1.807, 2.05) is 30.3 Å². The molecule has 3 atom stereocenters. The van der Waals surface area contributed by atoms with Crippen LogP contribution in [-0.4, -0.2) is 78.7 Å². The van der Waals surface area contributed by atoms with Gasteiger partial charge < -0.3 is 26.2 Å². The first-order chi connectivity index (χ1) is 14.8. The number of carbonyl (C=O) groups excluding carboxylic acids is 4. The Labute approximate surface area is 183 Å². The molecule has 0 bridgehead atoms. The minimum Gasteiger partial charge on any atom is -0.357 e. The standard InChI is InChI=1S/C22H33N5O4/c1-15(21(30)27-12-8-5-9-13-27)25-19(28)17(14-16-10-6-4-7-11-16)26(3)22(31)18(23)20(29)24-2/h4,6-7,10-11,15,17-18H,5,8-9,12-14,23H2,1-3H3,(H,24,29)(H,25,28)/t15-,17-,18-/m0/s1. The number of amides is 4. The van der Waals surface area contributed by atoms with Gasteiger partial charge in [-0.2, -0.15) is 0 Å². The maximum absolute atomic E-state index is 13.1. The summed E-state index contributed by atoms with van der Waals surface area (Å²) in [6.07, 6.45) is 3.23. The van der Waals surface area contributed by atoms with Crippen molar-refractivity contribution in [1.82, 2.24) is 20.4 Å². The molecule has 1 heterocycles. The number of benzene rings is 1. The molecule has 0 saturated carbocycles. The van der Waals surface area contributed by atoms with Crippen molar-refractivity contribution in [3.8, 4) is 0 Å². The van der Waals surface area contributed by atoms with Crippen LogP contribution in [-0.2, 0) is 25.6 Å². The van der Waals surface area contributed by atoms with Gasteiger partial charge in [-0.05, 0) is 31.7 Å². The highest BCUT2D eigenvalue weighted by Gasteiger charge is 2.34. The van der Waals surface area contributed by atoms with Gasteiger partial charge in [0.25, 0.3) is 0 Å². The molecule has 0 aliphatic carbocycles. The summed E-state index contributed by atoms with van der Waals surface area (Å²) in [6, 6.07) is 6.15. The fourth-order valence-electron chi connectivity index (χ4n) is 3.64. The van der Waals surface area contributed by atoms with Crippen molar-refractivity contribution < 1.29 is 19.2 Å². The molecule has 170 valence electrons. The lowest BCUT2D eigenvalue weighted by molar-refractivity contribution is -0.144. The van der Waals surface area contributed by atoms with Crippen LogP contribution in [0.3, 0.4) is 0 Å². The molecule has 1 saturated heterocycles. The van der Waals surface area contributed by atoms with Crippen LogP contribution in [0.4, 0.5) is 0 Å². The molecule has 9 nitrogen and oxygen atoms in total. The van der Waals surface area contributed by atoms with E-state index in [9.17, 15) is 19.2 Å². The molecule has 1 aliphatic heterocycles. The lowest BCUT2D eigenvalue weighted by Gasteiger charge is -2.32. The van der Waals surface area contributed by atoms with Gasteiger partial charge in [-0.25, -0.2) is 0 Å². The van der Waals surface area contributed by atoms with Crippen molar-refractivity contribution in [3.63, 3.8) is 0 Å². The minimum atomic E-state index is -1.42. The van der Waals surface area contributed by atoms with Crippen molar-refractivity contribution in [2.75, 3.05) is 27.2 Å². The maximum Gasteiger partial charge on any atom is 0.249 e. The van der Waals surface area contributed by atoms with Crippen LogP contribution >= 0.6 is 0 Å². The third-order valence-electron chi connectivity index (χ3n) is 5.58. The Balaban J connectivity index is 2.16. The predicted molar refractivity (Wildman–Crippen MR) is 117 cm³/mol. The Bertz CT molecular complexity index is 779. The number of rotatable bonds is 8. The van der Waals surface area contributed by atoms with Crippen molar-refractivity contribution in [2.45, 2.75) is 50.7 Å². The summed E-state index contributed by atoms with van der Waals surface area (Å²) in [7, 11) is 2.83. The highest BCUT2D eigenvalue weighted by Crippen LogP contribution is 2.12. The molecule has 1 aromatic carbocycles. The Morgan fingerprint density at radius 1 is 1.06 bits per heavy atom. The molecule has 9 heteroatoms. The topological polar surface area (TPSA) is 125 Å². The SMILES string of the molecule is CNC(=O)[C@H](N)C(=O)N(C)[C@@H](Cc1ccccc1)C(=O)N[C@@H](C)C(=O)N1CCCCC1. The number of hydrogen-bond acceptors (Lipinski definition) is 5. The first-order valence-corrected chi connectivity index (χ1v) is 10.6. The van der Waals surface area contributed by atoms with Crippen LogP contribution in [0.1, 0.15) is 31.7 Å². The molecule has 1 aromatic rings. The lowest BCUT2D eigenvalue weighted by Crippen LogP contribution is -2.58. The van der Waals surface area contributed by atoms with Gasteiger partial charge in [-0.3, -0.25) is 19.2 Å². The van der Waals surface area contributed by atoms with E-state index in [1.165, 1.54) is 19.0 Å². The largest absolute Gasteiger partial charge is 0.357 e. The van der Waals surface area contributed by atoms with Gasteiger partial charge >= 0.3 is 0 Å². The third kappa shape index (κ3) is 6.52. The van der Waals surface area contributed by atoms with Gasteiger partial charge in [0.1, 0.15) is 12.1 Å². The van der Waals surface area contributed by atoms with Crippen LogP contribution < -0.4 is 16.4 Å². The zero-order valence-electron chi connectivity index (χ0n) is 18.5. The normalized spacial score (nSPS) is 16.6. The van der Waals surface area contributed by atoms with Crippen LogP contribution in [0.5, 0.6) is 0 Å². The highest BCUT2D eigenvalue weighted by atomic mass is 16.2. The van der Waals surface area contributed by atoms with Gasteiger partial charge in [0, 0.05) is 33.6 Å². The Kier molecular flexibility index (Phi) is 8.99. The smallest absolute Gasteiger partial charge is 0.249 e. The quantitative estimate of drug-likeness (QED) is 0.485. The molecule has 1 fully saturated rings. The molecule has 0 aromatic heterocycles. The second-order valence-electron chi connectivity index (χ2n) is 7.86. The highest BCUT2D eigenvalue weighted by molar-refractivity contribution is 6.05. The first kappa shape index (κ1) is 24.3. The van der Waals surface area contributed by atoms with Gasteiger partial charge in [0.15, 0.2) is 6.04 Å². The van der Waals surface area contributed by atoms with E-state index in [2.05, 4.69) is 10.6 Å². The number of nitrogens with one attached hydrogen (secondary N) is 2. The van der Waals surface area contributed by atoms with E-state index >= 15 is 0 Å². The summed E-state index contributed by atoms with van der Waals surface area (Å²) in [6.45, 7) is 3.02. The summed E-state index contributed by atoms with van der Waals surface area (Å²) in [5.41, 5.74) is 6.59. The fraction of sp³-hybridized carbons (Fsp3) is 0.545. The Morgan fingerprint density at radius 2 is 1.68 bits per heavy atom. The molecule has 1 aliphatic rings. The molecular formula is C22H33N5O4. The van der Waals surface area contributed by atoms with E-state index in [-0.39, 0.29) is 12.3 Å². The van der Waals surface area contributed by atoms with E-state index in [0.717, 1.165) is 24.8 Å². The molecular weight excluding hydrogens is 398 g/mol. The summed E-state index contributed by atoms with van der Waals surface area (Å²) in [4.78, 5) is 53.3. The number of likely N-dealkylation sites (tertiary alicyclic amines) is 1. The summed E-state index contributed by atoms with van der Waals surface area (Å²) < 4.78 is 0. The fourth-order valence-corrected chi connectivity index (χ4v) is 3.64. The number of nitrogens with two attached hydrogens (primary N) is 1. The van der Waals surface area contributed by atoms with Crippen molar-refractivity contribution in [3.05, 3.63) is 35.9 Å². The van der Waals surface area contributed by atoms with Crippen LogP contribution in [0.2, 0.25) is 0 Å². The van der Waals surface area contributed by atoms with Gasteiger partial charge in [0.05, 0.1) is 0 Å². The molecule has 0 unspecified atom stereocenters. The van der Waals surface area contributed by atoms with Gasteiger partial charge in [0.2, 0.25) is 23.6 Å². The van der Waals surface area contributed by atoms with Crippen LogP contribution in [0.15, 0.2) is 30.3 Å². The number of hydrogen-bond donors (Lipinski definition) is 3. The number of carbonyl (C=O) groups is 4. The Hall–Kier alpha value is -2.94. The first-order valence-electron chi connectivity index (χ1n) is 10.6. The zero-order valence-corrected chi connectivity index (χ0v) is 18.5. The number of likely N-dealkylation sites (N-methyl/N-ethyl adjacent to an activating group) is 2. The predicted octanol–water partition coefficient (Wildman–Crippen LogP) is -0.353. The van der Waals surface area contributed by atoms with Crippen LogP contribution in [0, 0.1) is 0 Å². The van der Waals surface area contributed by atoms with Gasteiger partial charge in [-0.15, -0.1) is 0 Å². The van der Waals surface area contributed by atoms with E-state index in [0.29, 0.717) is 13.1 Å². The second-order valence-corrected chi connectivity index (χ2v) is 7.86. The van der Waals surface area contributed by atoms with Gasteiger partial charge in [-0.1, -0.05) is 30.3 Å². The Morgan fingerprint density at radius 3 is 2.26 bits per heavy atom. The second kappa shape index (κ2) is 11.5. The molecule has 0 spiro atoms. The number of piperidine rings is 1. The summed E-state index contributed by atoms with van der Waals surface area (Å²) in [5.74, 6) is -1.92. The number of nitrogens with zero attached hydrogens (tertiary/aromatic N) is 2. The van der Waals surface area contributed by atoms with E-state index in [1.54, 1.807) is 11.8 Å². The zero-order chi connectivity index (χ0) is 23.0. The average molecular weight is 432 g/mol. The average Bonchev–Trinajstić information content (AvgIpc) is 2.81. The molecule has 31 heavy (non-hydrogen) atoms. The van der Waals surface area contributed by atoms with E-state index < -0.39 is 35.8 Å². The minimum absolute atomic E-state index is 0.137.